The number of phosphoric acid groups is 1. The molecule has 0 aromatic carbocycles. The van der Waals surface area contributed by atoms with Crippen LogP contribution in [0.15, 0.2) is 0 Å². The minimum Gasteiger partial charge on any atom is -0.326 e. The minimum absolute atomic E-state index is 0.930. The van der Waals surface area contributed by atoms with Crippen LogP contribution in [-0.2, 0) is 4.57 Å². The lowest BCUT2D eigenvalue weighted by Gasteiger charge is -2.39. The largest absolute Gasteiger partial charge is 0.466 e. The summed E-state index contributed by atoms with van der Waals surface area (Å²) in [5.74, 6) is 0. The molecule has 0 aliphatic heterocycles. The molecule has 152 valence electrons. The van der Waals surface area contributed by atoms with Gasteiger partial charge >= 0.3 is 7.82 Å². The number of hydrogen-bond donors (Lipinski definition) is 3. The summed E-state index contributed by atoms with van der Waals surface area (Å²) in [6, 6.07) is 0.930. The smallest absolute Gasteiger partial charge is 0.326 e. The molecule has 1 rings (SSSR count). The molecule has 0 aromatic rings. The van der Waals surface area contributed by atoms with Crippen LogP contribution in [0, 0.1) is 0 Å². The molecule has 1 fully saturated rings. The molecule has 0 heterocycles. The number of quaternary nitrogens is 1. The summed E-state index contributed by atoms with van der Waals surface area (Å²) in [5, 5.41) is 0. The van der Waals surface area contributed by atoms with Crippen molar-refractivity contribution in [2.45, 2.75) is 103 Å². The van der Waals surface area contributed by atoms with Crippen molar-refractivity contribution >= 4 is 7.82 Å². The van der Waals surface area contributed by atoms with Gasteiger partial charge in [0, 0.05) is 0 Å². The molecule has 0 aromatic heterocycles. The lowest BCUT2D eigenvalue weighted by atomic mass is 9.95. The fraction of sp³-hybridized carbons (Fsp3) is 1.00. The molecule has 1 aliphatic rings. The van der Waals surface area contributed by atoms with Gasteiger partial charge in [0.25, 0.3) is 0 Å². The molecule has 0 unspecified atom stereocenters. The van der Waals surface area contributed by atoms with Crippen LogP contribution in [-0.4, -0.2) is 45.8 Å². The second-order valence-electron chi connectivity index (χ2n) is 8.14. The second-order valence-corrected chi connectivity index (χ2v) is 9.16. The Bertz CT molecular complexity index is 339. The van der Waals surface area contributed by atoms with Gasteiger partial charge in [-0.25, -0.2) is 4.57 Å². The first-order valence-electron chi connectivity index (χ1n) is 10.3. The van der Waals surface area contributed by atoms with E-state index in [0.717, 1.165) is 6.04 Å². The van der Waals surface area contributed by atoms with Gasteiger partial charge in [-0.3, -0.25) is 0 Å². The van der Waals surface area contributed by atoms with Crippen LogP contribution in [0.3, 0.4) is 0 Å². The van der Waals surface area contributed by atoms with Crippen molar-refractivity contribution in [3.05, 3.63) is 0 Å². The molecule has 0 spiro atoms. The van der Waals surface area contributed by atoms with Crippen molar-refractivity contribution in [1.29, 1.82) is 0 Å². The molecule has 0 atom stereocenters. The maximum absolute atomic E-state index is 8.88. The number of rotatable bonds is 7. The lowest BCUT2D eigenvalue weighted by Crippen LogP contribution is -2.49. The van der Waals surface area contributed by atoms with Gasteiger partial charge in [-0.15, -0.1) is 0 Å². The first-order chi connectivity index (χ1) is 11.7. The zero-order chi connectivity index (χ0) is 19.2. The quantitative estimate of drug-likeness (QED) is 0.330. The predicted octanol–water partition coefficient (Wildman–Crippen LogP) is 5.00. The Morgan fingerprint density at radius 2 is 1.20 bits per heavy atom. The van der Waals surface area contributed by atoms with Crippen molar-refractivity contribution in [3.63, 3.8) is 0 Å². The summed E-state index contributed by atoms with van der Waals surface area (Å²) >= 11 is 0. The molecular weight excluding hydrogens is 337 g/mol. The van der Waals surface area contributed by atoms with Gasteiger partial charge in [0.15, 0.2) is 0 Å². The highest BCUT2D eigenvalue weighted by Gasteiger charge is 2.27. The Kier molecular flexibility index (Phi) is 14.2. The third-order valence-electron chi connectivity index (χ3n) is 5.40. The van der Waals surface area contributed by atoms with Crippen LogP contribution in [0.25, 0.3) is 0 Å². The molecule has 1 aliphatic carbocycles. The van der Waals surface area contributed by atoms with E-state index in [1.807, 2.05) is 0 Å². The minimum atomic E-state index is -4.64. The molecule has 0 bridgehead atoms. The van der Waals surface area contributed by atoms with Gasteiger partial charge in [0.1, 0.15) is 0 Å². The predicted molar refractivity (Wildman–Crippen MR) is 105 cm³/mol. The fourth-order valence-electron chi connectivity index (χ4n) is 3.79. The molecule has 0 radical (unpaired) electrons. The highest BCUT2D eigenvalue weighted by atomic mass is 31.2. The van der Waals surface area contributed by atoms with Gasteiger partial charge < -0.3 is 19.2 Å². The van der Waals surface area contributed by atoms with E-state index in [1.165, 1.54) is 101 Å². The summed E-state index contributed by atoms with van der Waals surface area (Å²) in [6.45, 7) is 3.70. The van der Waals surface area contributed by atoms with Crippen LogP contribution < -0.4 is 0 Å². The first-order valence-corrected chi connectivity index (χ1v) is 11.8. The summed E-state index contributed by atoms with van der Waals surface area (Å²) in [7, 11) is 0.354. The van der Waals surface area contributed by atoms with Gasteiger partial charge in [-0.1, -0.05) is 58.3 Å². The van der Waals surface area contributed by atoms with Crippen molar-refractivity contribution in [1.82, 2.24) is 0 Å². The van der Waals surface area contributed by atoms with Crippen LogP contribution in [0.5, 0.6) is 0 Å². The summed E-state index contributed by atoms with van der Waals surface area (Å²) in [5.41, 5.74) is 0. The lowest BCUT2D eigenvalue weighted by molar-refractivity contribution is -0.916. The second kappa shape index (κ2) is 14.2. The van der Waals surface area contributed by atoms with Crippen molar-refractivity contribution in [2.75, 3.05) is 20.6 Å². The summed E-state index contributed by atoms with van der Waals surface area (Å²) in [4.78, 5) is 21.6. The molecule has 0 amide bonds. The van der Waals surface area contributed by atoms with E-state index >= 15 is 0 Å². The third kappa shape index (κ3) is 17.3. The summed E-state index contributed by atoms with van der Waals surface area (Å²) < 4.78 is 10.2. The number of nitrogens with zero attached hydrogens (tertiary/aromatic N) is 1. The van der Waals surface area contributed by atoms with E-state index in [4.69, 9.17) is 19.2 Å². The van der Waals surface area contributed by atoms with Crippen LogP contribution in [0.1, 0.15) is 96.8 Å². The van der Waals surface area contributed by atoms with Crippen LogP contribution in [0.2, 0.25) is 0 Å². The van der Waals surface area contributed by atoms with E-state index in [-0.39, 0.29) is 0 Å². The van der Waals surface area contributed by atoms with E-state index in [1.54, 1.807) is 0 Å². The zero-order valence-corrected chi connectivity index (χ0v) is 17.7. The Morgan fingerprint density at radius 3 is 1.64 bits per heavy atom. The summed E-state index contributed by atoms with van der Waals surface area (Å²) in [6.07, 6.45) is 20.4. The zero-order valence-electron chi connectivity index (χ0n) is 16.8. The average molecular weight is 381 g/mol. The maximum atomic E-state index is 8.88. The molecule has 1 saturated carbocycles. The topological polar surface area (TPSA) is 77.8 Å². The number of hydrogen-bond acceptors (Lipinski definition) is 1. The van der Waals surface area contributed by atoms with Crippen molar-refractivity contribution in [3.8, 4) is 0 Å². The number of unbranched alkanes of at least 4 members (excludes halogenated alkanes) is 4. The maximum Gasteiger partial charge on any atom is 0.466 e. The third-order valence-corrected chi connectivity index (χ3v) is 5.40. The Hall–Kier alpha value is 0.0700. The molecule has 5 nitrogen and oxygen atoms in total. The monoisotopic (exact) mass is 380 g/mol. The van der Waals surface area contributed by atoms with Gasteiger partial charge in [0.05, 0.1) is 26.7 Å². The van der Waals surface area contributed by atoms with Gasteiger partial charge in [0.2, 0.25) is 0 Å². The van der Waals surface area contributed by atoms with Gasteiger partial charge in [-0.2, -0.15) is 0 Å². The molecule has 25 heavy (non-hydrogen) atoms. The van der Waals surface area contributed by atoms with Crippen LogP contribution >= 0.6 is 7.82 Å². The molecular formula is C19H43NO4P+. The Morgan fingerprint density at radius 1 is 0.800 bits per heavy atom. The molecule has 6 heteroatoms. The Labute approximate surface area is 155 Å². The highest BCUT2D eigenvalue weighted by Crippen LogP contribution is 2.26. The highest BCUT2D eigenvalue weighted by molar-refractivity contribution is 7.45. The average Bonchev–Trinajstić information content (AvgIpc) is 2.50. The molecule has 3 N–H and O–H groups in total. The SMILES string of the molecule is CCCCCCC[N+](C)(C)C1CCCCCCCCC1.O=P(O)(O)O. The standard InChI is InChI=1S/C19H40N.H3O4P/c1-4-5-6-12-15-18-20(2,3)19-16-13-10-8-7-9-11-14-17-19;1-5(2,3)4/h19H,4-18H2,1-3H3;(H3,1,2,3,4)/q+1;. The van der Waals surface area contributed by atoms with Crippen molar-refractivity contribution in [2.24, 2.45) is 0 Å². The van der Waals surface area contributed by atoms with E-state index in [2.05, 4.69) is 21.0 Å². The Balaban J connectivity index is 0.00000101. The van der Waals surface area contributed by atoms with E-state index < -0.39 is 7.82 Å². The first kappa shape index (κ1) is 25.1. The van der Waals surface area contributed by atoms with Crippen molar-refractivity contribution < 1.29 is 23.7 Å². The van der Waals surface area contributed by atoms with E-state index in [0.29, 0.717) is 0 Å². The van der Waals surface area contributed by atoms with E-state index in [9.17, 15) is 0 Å². The van der Waals surface area contributed by atoms with Gasteiger partial charge in [-0.05, 0) is 38.5 Å². The molecule has 0 saturated heterocycles. The van der Waals surface area contributed by atoms with Crippen LogP contribution in [0.4, 0.5) is 0 Å². The fourth-order valence-corrected chi connectivity index (χ4v) is 3.79. The normalized spacial score (nSPS) is 18.3.